The summed E-state index contributed by atoms with van der Waals surface area (Å²) in [4.78, 5) is 2.46. The molecule has 0 bridgehead atoms. The van der Waals surface area contributed by atoms with Crippen molar-refractivity contribution in [1.29, 1.82) is 0 Å². The average molecular weight is 327 g/mol. The molecule has 1 aliphatic rings. The Morgan fingerprint density at radius 1 is 1.27 bits per heavy atom. The smallest absolute Gasteiger partial charge is 0.124 e. The molecule has 0 atom stereocenters. The first-order chi connectivity index (χ1) is 10.4. The Hall–Kier alpha value is -1.07. The number of benzene rings is 1. The summed E-state index contributed by atoms with van der Waals surface area (Å²) in [5.41, 5.74) is 1.20. The standard InChI is InChI=1S/C17H26N2O2.ClH/c1-2-12-21-17-7-4-3-6-16(17)15-18-8-5-9-19-10-13-20-14-11-19;/h2-4,6-7,18H,1,5,8-15H2;1H. The Kier molecular flexibility index (Phi) is 9.91. The second kappa shape index (κ2) is 11.5. The molecule has 0 unspecified atom stereocenters. The SMILES string of the molecule is C=CCOc1ccccc1CNCCCN1CCOCC1.Cl. The van der Waals surface area contributed by atoms with Crippen molar-refractivity contribution >= 4 is 12.4 Å². The molecule has 0 amide bonds. The predicted octanol–water partition coefficient (Wildman–Crippen LogP) is 2.49. The lowest BCUT2D eigenvalue weighted by molar-refractivity contribution is 0.0374. The predicted molar refractivity (Wildman–Crippen MR) is 93.0 cm³/mol. The van der Waals surface area contributed by atoms with Gasteiger partial charge < -0.3 is 14.8 Å². The van der Waals surface area contributed by atoms with Crippen molar-refractivity contribution in [2.75, 3.05) is 46.0 Å². The Morgan fingerprint density at radius 2 is 2.05 bits per heavy atom. The summed E-state index contributed by atoms with van der Waals surface area (Å²) in [6, 6.07) is 8.16. The number of rotatable bonds is 9. The minimum Gasteiger partial charge on any atom is -0.489 e. The quantitative estimate of drug-likeness (QED) is 0.558. The molecule has 0 aromatic heterocycles. The van der Waals surface area contributed by atoms with Gasteiger partial charge in [-0.15, -0.1) is 12.4 Å². The van der Waals surface area contributed by atoms with Gasteiger partial charge in [0.15, 0.2) is 0 Å². The molecular weight excluding hydrogens is 300 g/mol. The molecule has 22 heavy (non-hydrogen) atoms. The van der Waals surface area contributed by atoms with Gasteiger partial charge in [-0.05, 0) is 25.6 Å². The fourth-order valence-corrected chi connectivity index (χ4v) is 2.41. The maximum Gasteiger partial charge on any atom is 0.124 e. The third-order valence-corrected chi connectivity index (χ3v) is 3.58. The topological polar surface area (TPSA) is 33.7 Å². The highest BCUT2D eigenvalue weighted by molar-refractivity contribution is 5.85. The van der Waals surface area contributed by atoms with Crippen LogP contribution < -0.4 is 10.1 Å². The second-order valence-electron chi connectivity index (χ2n) is 5.19. The molecule has 0 spiro atoms. The fourth-order valence-electron chi connectivity index (χ4n) is 2.41. The molecule has 0 radical (unpaired) electrons. The zero-order valence-electron chi connectivity index (χ0n) is 13.1. The van der Waals surface area contributed by atoms with Gasteiger partial charge in [0, 0.05) is 25.2 Å². The fraction of sp³-hybridized carbons (Fsp3) is 0.529. The van der Waals surface area contributed by atoms with E-state index in [1.165, 1.54) is 5.56 Å². The molecule has 1 fully saturated rings. The molecule has 1 heterocycles. The first-order valence-corrected chi connectivity index (χ1v) is 7.72. The Labute approximate surface area is 139 Å². The van der Waals surface area contributed by atoms with E-state index >= 15 is 0 Å². The van der Waals surface area contributed by atoms with Crippen LogP contribution in [0.3, 0.4) is 0 Å². The summed E-state index contributed by atoms with van der Waals surface area (Å²) in [7, 11) is 0. The molecule has 1 aromatic carbocycles. The van der Waals surface area contributed by atoms with Crippen LogP contribution in [-0.2, 0) is 11.3 Å². The van der Waals surface area contributed by atoms with E-state index in [1.807, 2.05) is 18.2 Å². The molecule has 1 N–H and O–H groups in total. The van der Waals surface area contributed by atoms with Crippen LogP contribution in [0.15, 0.2) is 36.9 Å². The van der Waals surface area contributed by atoms with E-state index in [0.717, 1.165) is 58.1 Å². The highest BCUT2D eigenvalue weighted by Crippen LogP contribution is 2.17. The summed E-state index contributed by atoms with van der Waals surface area (Å²) in [5, 5.41) is 3.49. The normalized spacial score (nSPS) is 15.1. The van der Waals surface area contributed by atoms with E-state index in [1.54, 1.807) is 6.08 Å². The van der Waals surface area contributed by atoms with Gasteiger partial charge in [0.25, 0.3) is 0 Å². The van der Waals surface area contributed by atoms with Gasteiger partial charge in [0.1, 0.15) is 12.4 Å². The van der Waals surface area contributed by atoms with Gasteiger partial charge in [-0.25, -0.2) is 0 Å². The van der Waals surface area contributed by atoms with Gasteiger partial charge in [0.05, 0.1) is 13.2 Å². The monoisotopic (exact) mass is 326 g/mol. The Bertz CT molecular complexity index is 423. The lowest BCUT2D eigenvalue weighted by Crippen LogP contribution is -2.37. The third kappa shape index (κ3) is 6.79. The van der Waals surface area contributed by atoms with Crippen LogP contribution in [0.2, 0.25) is 0 Å². The van der Waals surface area contributed by atoms with E-state index in [4.69, 9.17) is 9.47 Å². The van der Waals surface area contributed by atoms with Crippen molar-refractivity contribution in [3.8, 4) is 5.75 Å². The lowest BCUT2D eigenvalue weighted by atomic mass is 10.2. The van der Waals surface area contributed by atoms with Gasteiger partial charge in [-0.1, -0.05) is 30.9 Å². The van der Waals surface area contributed by atoms with Gasteiger partial charge >= 0.3 is 0 Å². The van der Waals surface area contributed by atoms with Crippen LogP contribution in [0, 0.1) is 0 Å². The summed E-state index contributed by atoms with van der Waals surface area (Å²) < 4.78 is 11.0. The lowest BCUT2D eigenvalue weighted by Gasteiger charge is -2.26. The van der Waals surface area contributed by atoms with E-state index < -0.39 is 0 Å². The van der Waals surface area contributed by atoms with Crippen LogP contribution in [0.4, 0.5) is 0 Å². The zero-order valence-corrected chi connectivity index (χ0v) is 13.9. The summed E-state index contributed by atoms with van der Waals surface area (Å²) in [6.45, 7) is 11.1. The number of hydrogen-bond donors (Lipinski definition) is 1. The zero-order chi connectivity index (χ0) is 14.8. The highest BCUT2D eigenvalue weighted by Gasteiger charge is 2.09. The highest BCUT2D eigenvalue weighted by atomic mass is 35.5. The maximum atomic E-state index is 5.66. The molecule has 2 rings (SSSR count). The Morgan fingerprint density at radius 3 is 2.82 bits per heavy atom. The van der Waals surface area contributed by atoms with Crippen LogP contribution in [0.1, 0.15) is 12.0 Å². The molecule has 1 aliphatic heterocycles. The van der Waals surface area contributed by atoms with Gasteiger partial charge in [-0.3, -0.25) is 4.90 Å². The van der Waals surface area contributed by atoms with Crippen molar-refractivity contribution in [2.24, 2.45) is 0 Å². The van der Waals surface area contributed by atoms with E-state index in [9.17, 15) is 0 Å². The molecular formula is C17H27ClN2O2. The van der Waals surface area contributed by atoms with Crippen molar-refractivity contribution in [1.82, 2.24) is 10.2 Å². The van der Waals surface area contributed by atoms with Crippen molar-refractivity contribution in [2.45, 2.75) is 13.0 Å². The van der Waals surface area contributed by atoms with Crippen molar-refractivity contribution in [3.63, 3.8) is 0 Å². The number of nitrogens with zero attached hydrogens (tertiary/aromatic N) is 1. The summed E-state index contributed by atoms with van der Waals surface area (Å²) >= 11 is 0. The minimum absolute atomic E-state index is 0. The average Bonchev–Trinajstić information content (AvgIpc) is 2.54. The van der Waals surface area contributed by atoms with Crippen LogP contribution in [0.5, 0.6) is 5.75 Å². The van der Waals surface area contributed by atoms with Crippen LogP contribution in [-0.4, -0.2) is 50.9 Å². The molecule has 4 nitrogen and oxygen atoms in total. The largest absolute Gasteiger partial charge is 0.489 e. The number of halogens is 1. The third-order valence-electron chi connectivity index (χ3n) is 3.58. The van der Waals surface area contributed by atoms with E-state index in [-0.39, 0.29) is 12.4 Å². The molecule has 0 aliphatic carbocycles. The number of morpholine rings is 1. The molecule has 0 saturated carbocycles. The second-order valence-corrected chi connectivity index (χ2v) is 5.19. The van der Waals surface area contributed by atoms with Crippen LogP contribution >= 0.6 is 12.4 Å². The molecule has 5 heteroatoms. The first kappa shape index (κ1) is 19.0. The summed E-state index contributed by atoms with van der Waals surface area (Å²) in [6.07, 6.45) is 2.93. The minimum atomic E-state index is 0. The van der Waals surface area contributed by atoms with Crippen molar-refractivity contribution in [3.05, 3.63) is 42.5 Å². The van der Waals surface area contributed by atoms with Crippen LogP contribution in [0.25, 0.3) is 0 Å². The maximum absolute atomic E-state index is 5.66. The molecule has 124 valence electrons. The van der Waals surface area contributed by atoms with E-state index in [2.05, 4.69) is 22.9 Å². The van der Waals surface area contributed by atoms with Crippen molar-refractivity contribution < 1.29 is 9.47 Å². The Balaban J connectivity index is 0.00000242. The molecule has 1 saturated heterocycles. The van der Waals surface area contributed by atoms with Gasteiger partial charge in [-0.2, -0.15) is 0 Å². The summed E-state index contributed by atoms with van der Waals surface area (Å²) in [5.74, 6) is 0.943. The van der Waals surface area contributed by atoms with E-state index in [0.29, 0.717) is 6.61 Å². The molecule has 1 aromatic rings. The van der Waals surface area contributed by atoms with Gasteiger partial charge in [0.2, 0.25) is 0 Å². The number of hydrogen-bond acceptors (Lipinski definition) is 4. The first-order valence-electron chi connectivity index (χ1n) is 7.72. The number of ether oxygens (including phenoxy) is 2. The number of nitrogens with one attached hydrogen (secondary N) is 1. The number of para-hydroxylation sites is 1.